The fraction of sp³-hybridized carbons (Fsp3) is 0.261. The molecular formula is C23H25NO6S. The Kier molecular flexibility index (Phi) is 5.98. The zero-order valence-electron chi connectivity index (χ0n) is 17.8. The second-order valence-corrected chi connectivity index (χ2v) is 9.39. The van der Waals surface area contributed by atoms with Crippen LogP contribution in [0.4, 0.5) is 0 Å². The van der Waals surface area contributed by atoms with Crippen molar-refractivity contribution in [1.29, 1.82) is 0 Å². The van der Waals surface area contributed by atoms with Crippen LogP contribution in [0.3, 0.4) is 0 Å². The molecule has 0 bridgehead atoms. The van der Waals surface area contributed by atoms with Crippen LogP contribution >= 0.6 is 0 Å². The van der Waals surface area contributed by atoms with Crippen LogP contribution in [0.15, 0.2) is 59.5 Å². The van der Waals surface area contributed by atoms with Gasteiger partial charge in [-0.25, -0.2) is 13.2 Å². The van der Waals surface area contributed by atoms with Crippen molar-refractivity contribution in [1.82, 2.24) is 4.57 Å². The van der Waals surface area contributed by atoms with E-state index in [2.05, 4.69) is 0 Å². The molecule has 164 valence electrons. The first kappa shape index (κ1) is 22.6. The number of methoxy groups -OCH3 is 1. The van der Waals surface area contributed by atoms with E-state index in [0.29, 0.717) is 22.7 Å². The maximum absolute atomic E-state index is 11.9. The number of sulfone groups is 1. The maximum atomic E-state index is 11.9. The minimum Gasteiger partial charge on any atom is -0.497 e. The molecule has 3 rings (SSSR count). The fourth-order valence-corrected chi connectivity index (χ4v) is 4.26. The van der Waals surface area contributed by atoms with Gasteiger partial charge in [0.15, 0.2) is 15.4 Å². The summed E-state index contributed by atoms with van der Waals surface area (Å²) in [6.07, 6.45) is 1.13. The summed E-state index contributed by atoms with van der Waals surface area (Å²) in [4.78, 5) is 12.1. The van der Waals surface area contributed by atoms with Gasteiger partial charge in [0.2, 0.25) is 0 Å². The van der Waals surface area contributed by atoms with Gasteiger partial charge in [-0.15, -0.1) is 0 Å². The molecule has 8 heteroatoms. The molecule has 2 N–H and O–H groups in total. The molecule has 1 unspecified atom stereocenters. The van der Waals surface area contributed by atoms with Crippen molar-refractivity contribution in [2.45, 2.75) is 30.8 Å². The van der Waals surface area contributed by atoms with E-state index >= 15 is 0 Å². The Morgan fingerprint density at radius 2 is 1.68 bits per heavy atom. The third-order valence-electron chi connectivity index (χ3n) is 5.47. The Hall–Kier alpha value is -3.10. The first-order chi connectivity index (χ1) is 14.5. The van der Waals surface area contributed by atoms with Gasteiger partial charge in [0.25, 0.3) is 0 Å². The van der Waals surface area contributed by atoms with Crippen LogP contribution in [0.25, 0.3) is 16.9 Å². The lowest BCUT2D eigenvalue weighted by atomic mass is 9.91. The van der Waals surface area contributed by atoms with E-state index in [1.807, 2.05) is 16.7 Å². The van der Waals surface area contributed by atoms with E-state index < -0.39 is 21.4 Å². The van der Waals surface area contributed by atoms with Crippen molar-refractivity contribution in [3.8, 4) is 22.7 Å². The second-order valence-electron chi connectivity index (χ2n) is 7.38. The number of aliphatic carboxylic acids is 1. The quantitative estimate of drug-likeness (QED) is 0.579. The Bertz CT molecular complexity index is 1210. The monoisotopic (exact) mass is 443 g/mol. The summed E-state index contributed by atoms with van der Waals surface area (Å²) < 4.78 is 30.7. The predicted octanol–water partition coefficient (Wildman–Crippen LogP) is 3.55. The molecule has 2 aromatic carbocycles. The van der Waals surface area contributed by atoms with E-state index in [9.17, 15) is 23.4 Å². The summed E-state index contributed by atoms with van der Waals surface area (Å²) in [6, 6.07) is 15.2. The largest absolute Gasteiger partial charge is 0.497 e. The van der Waals surface area contributed by atoms with Crippen LogP contribution in [-0.4, -0.2) is 42.5 Å². The van der Waals surface area contributed by atoms with E-state index in [-0.39, 0.29) is 16.9 Å². The average Bonchev–Trinajstić information content (AvgIpc) is 3.10. The number of benzene rings is 2. The average molecular weight is 444 g/mol. The van der Waals surface area contributed by atoms with Crippen molar-refractivity contribution in [2.75, 3.05) is 13.4 Å². The third kappa shape index (κ3) is 4.08. The molecule has 3 aromatic rings. The summed E-state index contributed by atoms with van der Waals surface area (Å²) in [7, 11) is -1.79. The smallest absolute Gasteiger partial charge is 0.340 e. The van der Waals surface area contributed by atoms with Crippen LogP contribution in [0.1, 0.15) is 24.6 Å². The molecule has 1 aromatic heterocycles. The highest BCUT2D eigenvalue weighted by Gasteiger charge is 2.39. The van der Waals surface area contributed by atoms with Crippen LogP contribution in [-0.2, 0) is 20.2 Å². The van der Waals surface area contributed by atoms with E-state index in [1.54, 1.807) is 51.3 Å². The number of hydrogen-bond acceptors (Lipinski definition) is 5. The summed E-state index contributed by atoms with van der Waals surface area (Å²) >= 11 is 0. The van der Waals surface area contributed by atoms with Crippen molar-refractivity contribution in [3.05, 3.63) is 65.9 Å². The lowest BCUT2D eigenvalue weighted by molar-refractivity contribution is -0.160. The molecule has 7 nitrogen and oxygen atoms in total. The van der Waals surface area contributed by atoms with Crippen molar-refractivity contribution in [2.24, 2.45) is 0 Å². The lowest BCUT2D eigenvalue weighted by Gasteiger charge is -2.22. The van der Waals surface area contributed by atoms with Crippen LogP contribution in [0, 0.1) is 6.92 Å². The minimum atomic E-state index is -3.35. The van der Waals surface area contributed by atoms with Crippen molar-refractivity contribution < 1.29 is 28.2 Å². The molecular weight excluding hydrogens is 418 g/mol. The Morgan fingerprint density at radius 3 is 2.13 bits per heavy atom. The maximum Gasteiger partial charge on any atom is 0.340 e. The van der Waals surface area contributed by atoms with Gasteiger partial charge in [0.1, 0.15) is 5.75 Å². The number of aromatic nitrogens is 1. The number of carboxylic acid groups (broad SMARTS) is 1. The minimum absolute atomic E-state index is 0.0117. The highest BCUT2D eigenvalue weighted by molar-refractivity contribution is 7.90. The number of aliphatic hydroxyl groups is 1. The van der Waals surface area contributed by atoms with E-state index in [1.165, 1.54) is 12.1 Å². The van der Waals surface area contributed by atoms with E-state index in [4.69, 9.17) is 4.74 Å². The van der Waals surface area contributed by atoms with Gasteiger partial charge >= 0.3 is 5.97 Å². The van der Waals surface area contributed by atoms with Gasteiger partial charge in [-0.3, -0.25) is 0 Å². The molecule has 31 heavy (non-hydrogen) atoms. The van der Waals surface area contributed by atoms with Gasteiger partial charge < -0.3 is 19.5 Å². The second kappa shape index (κ2) is 8.20. The molecule has 0 aliphatic carbocycles. The predicted molar refractivity (Wildman–Crippen MR) is 117 cm³/mol. The fourth-order valence-electron chi connectivity index (χ4n) is 3.63. The summed E-state index contributed by atoms with van der Waals surface area (Å²) in [5.41, 5.74) is 0.853. The SMILES string of the molecule is CCC(O)(C(=O)O)c1cc(-c2ccc(S(C)(=O)=O)cc2)n(-c2ccc(OC)cc2)c1C. The Balaban J connectivity index is 2.28. The molecule has 0 aliphatic heterocycles. The van der Waals surface area contributed by atoms with Gasteiger partial charge in [-0.1, -0.05) is 19.1 Å². The van der Waals surface area contributed by atoms with Gasteiger partial charge in [0, 0.05) is 23.2 Å². The highest BCUT2D eigenvalue weighted by Crippen LogP contribution is 2.37. The van der Waals surface area contributed by atoms with Crippen molar-refractivity contribution in [3.63, 3.8) is 0 Å². The molecule has 0 amide bonds. The van der Waals surface area contributed by atoms with Gasteiger partial charge in [-0.2, -0.15) is 0 Å². The molecule has 0 spiro atoms. The molecule has 0 radical (unpaired) electrons. The first-order valence-electron chi connectivity index (χ1n) is 9.66. The number of carbonyl (C=O) groups is 1. The standard InChI is InChI=1S/C23H25NO6S/c1-5-23(27,22(25)26)20-14-21(16-6-12-19(13-7-16)31(4,28)29)24(15(20)2)17-8-10-18(30-3)11-9-17/h6-14,27H,5H2,1-4H3,(H,25,26). The zero-order valence-corrected chi connectivity index (χ0v) is 18.6. The lowest BCUT2D eigenvalue weighted by Crippen LogP contribution is -2.35. The molecule has 0 saturated carbocycles. The first-order valence-corrected chi connectivity index (χ1v) is 11.6. The van der Waals surface area contributed by atoms with Crippen LogP contribution < -0.4 is 4.74 Å². The summed E-state index contributed by atoms with van der Waals surface area (Å²) in [6.45, 7) is 3.36. The number of rotatable bonds is 7. The normalized spacial score (nSPS) is 13.6. The van der Waals surface area contributed by atoms with Crippen molar-refractivity contribution >= 4 is 15.8 Å². The number of hydrogen-bond donors (Lipinski definition) is 2. The number of nitrogens with zero attached hydrogens (tertiary/aromatic N) is 1. The summed E-state index contributed by atoms with van der Waals surface area (Å²) in [5.74, 6) is -0.660. The highest BCUT2D eigenvalue weighted by atomic mass is 32.2. The zero-order chi connectivity index (χ0) is 23.0. The third-order valence-corrected chi connectivity index (χ3v) is 6.60. The van der Waals surface area contributed by atoms with Crippen LogP contribution in [0.2, 0.25) is 0 Å². The summed E-state index contributed by atoms with van der Waals surface area (Å²) in [5, 5.41) is 20.6. The van der Waals surface area contributed by atoms with Gasteiger partial charge in [0.05, 0.1) is 17.7 Å². The number of ether oxygens (including phenoxy) is 1. The Morgan fingerprint density at radius 1 is 1.10 bits per heavy atom. The number of carboxylic acids is 1. The Labute approximate surface area is 181 Å². The molecule has 1 heterocycles. The molecule has 0 aliphatic rings. The van der Waals surface area contributed by atoms with E-state index in [0.717, 1.165) is 11.9 Å². The van der Waals surface area contributed by atoms with Crippen LogP contribution in [0.5, 0.6) is 5.75 Å². The molecule has 0 fully saturated rings. The molecule has 0 saturated heterocycles. The topological polar surface area (TPSA) is 106 Å². The molecule has 1 atom stereocenters. The van der Waals surface area contributed by atoms with Gasteiger partial charge in [-0.05, 0) is 61.4 Å².